The largest absolute Gasteiger partial charge is 0.342 e. The quantitative estimate of drug-likeness (QED) is 0.656. The second-order valence-corrected chi connectivity index (χ2v) is 7.76. The maximum absolute atomic E-state index is 13.0. The van der Waals surface area contributed by atoms with E-state index < -0.39 is 5.69 Å². The summed E-state index contributed by atoms with van der Waals surface area (Å²) in [4.78, 5) is 43.5. The van der Waals surface area contributed by atoms with E-state index in [2.05, 4.69) is 4.98 Å². The zero-order valence-electron chi connectivity index (χ0n) is 17.0. The van der Waals surface area contributed by atoms with Crippen LogP contribution in [0.4, 0.5) is 4.39 Å². The molecule has 1 aliphatic heterocycles. The van der Waals surface area contributed by atoms with E-state index in [0.29, 0.717) is 37.0 Å². The second-order valence-electron chi connectivity index (χ2n) is 7.76. The molecule has 0 aliphatic carbocycles. The number of halogens is 1. The third-order valence-corrected chi connectivity index (χ3v) is 5.82. The summed E-state index contributed by atoms with van der Waals surface area (Å²) in [5.41, 5.74) is 1.29. The first-order valence-electron chi connectivity index (χ1n) is 9.94. The standard InChI is InChI=1S/C22H23FN4O3/c1-25-20-17(21(29)26(2)22(25)30)8-9-18(24-20)15-11-12-27(13-15)19(28)10-5-14-3-6-16(23)7-4-14/h3-4,6-9,15H,5,10-13H2,1-2H3/t15-/m0/s1. The lowest BCUT2D eigenvalue weighted by Crippen LogP contribution is -2.37. The molecular weight excluding hydrogens is 387 g/mol. The molecule has 1 atom stereocenters. The van der Waals surface area contributed by atoms with E-state index in [1.807, 2.05) is 11.0 Å². The summed E-state index contributed by atoms with van der Waals surface area (Å²) in [6, 6.07) is 9.71. The Balaban J connectivity index is 1.48. The Kier molecular flexibility index (Phi) is 5.24. The van der Waals surface area contributed by atoms with Crippen LogP contribution in [0, 0.1) is 5.82 Å². The minimum atomic E-state index is -0.416. The highest BCUT2D eigenvalue weighted by Crippen LogP contribution is 2.27. The smallest absolute Gasteiger partial charge is 0.332 e. The molecule has 1 fully saturated rings. The average molecular weight is 410 g/mol. The number of pyridine rings is 1. The maximum Gasteiger partial charge on any atom is 0.332 e. The summed E-state index contributed by atoms with van der Waals surface area (Å²) in [6.45, 7) is 1.20. The van der Waals surface area contributed by atoms with E-state index in [-0.39, 0.29) is 23.2 Å². The number of hydrogen-bond acceptors (Lipinski definition) is 4. The molecule has 0 N–H and O–H groups in total. The lowest BCUT2D eigenvalue weighted by Gasteiger charge is -2.17. The fourth-order valence-corrected chi connectivity index (χ4v) is 3.98. The van der Waals surface area contributed by atoms with Crippen molar-refractivity contribution in [2.75, 3.05) is 13.1 Å². The van der Waals surface area contributed by atoms with E-state index in [1.165, 1.54) is 23.7 Å². The number of carbonyl (C=O) groups is 1. The monoisotopic (exact) mass is 410 g/mol. The maximum atomic E-state index is 13.0. The number of carbonyl (C=O) groups excluding carboxylic acids is 1. The molecule has 0 spiro atoms. The fourth-order valence-electron chi connectivity index (χ4n) is 3.98. The number of hydrogen-bond donors (Lipinski definition) is 0. The molecule has 0 radical (unpaired) electrons. The lowest BCUT2D eigenvalue weighted by atomic mass is 10.0. The molecule has 1 saturated heterocycles. The van der Waals surface area contributed by atoms with Gasteiger partial charge in [-0.15, -0.1) is 0 Å². The molecule has 0 unspecified atom stereocenters. The first kappa shape index (κ1) is 20.0. The van der Waals surface area contributed by atoms with Gasteiger partial charge in [-0.1, -0.05) is 12.1 Å². The number of nitrogens with zero attached hydrogens (tertiary/aromatic N) is 4. The molecule has 1 amide bonds. The molecule has 3 aromatic rings. The molecule has 1 aliphatic rings. The van der Waals surface area contributed by atoms with Gasteiger partial charge >= 0.3 is 5.69 Å². The van der Waals surface area contributed by atoms with Gasteiger partial charge in [0.05, 0.1) is 5.39 Å². The van der Waals surface area contributed by atoms with Crippen molar-refractivity contribution in [1.82, 2.24) is 19.0 Å². The van der Waals surface area contributed by atoms with Crippen molar-refractivity contribution < 1.29 is 9.18 Å². The second kappa shape index (κ2) is 7.85. The third kappa shape index (κ3) is 3.65. The van der Waals surface area contributed by atoms with Crippen LogP contribution in [0.15, 0.2) is 46.0 Å². The Labute approximate surface area is 172 Å². The van der Waals surface area contributed by atoms with Gasteiger partial charge in [0.1, 0.15) is 11.5 Å². The normalized spacial score (nSPS) is 16.4. The highest BCUT2D eigenvalue weighted by molar-refractivity contribution is 5.77. The highest BCUT2D eigenvalue weighted by Gasteiger charge is 2.28. The summed E-state index contributed by atoms with van der Waals surface area (Å²) in [5, 5.41) is 0.397. The van der Waals surface area contributed by atoms with E-state index in [1.54, 1.807) is 25.2 Å². The van der Waals surface area contributed by atoms with E-state index in [9.17, 15) is 18.8 Å². The summed E-state index contributed by atoms with van der Waals surface area (Å²) >= 11 is 0. The molecule has 7 nitrogen and oxygen atoms in total. The van der Waals surface area contributed by atoms with Crippen LogP contribution in [-0.2, 0) is 25.3 Å². The van der Waals surface area contributed by atoms with Gasteiger partial charge in [0, 0.05) is 45.2 Å². The molecule has 156 valence electrons. The Bertz CT molecular complexity index is 1230. The molecule has 4 rings (SSSR count). The van der Waals surface area contributed by atoms with Crippen molar-refractivity contribution in [3.8, 4) is 0 Å². The summed E-state index contributed by atoms with van der Waals surface area (Å²) in [6.07, 6.45) is 1.72. The van der Waals surface area contributed by atoms with Gasteiger partial charge in [-0.25, -0.2) is 14.2 Å². The minimum absolute atomic E-state index is 0.0586. The minimum Gasteiger partial charge on any atom is -0.342 e. The van der Waals surface area contributed by atoms with Crippen LogP contribution in [0.1, 0.15) is 30.0 Å². The van der Waals surface area contributed by atoms with Crippen molar-refractivity contribution in [3.05, 3.63) is 74.3 Å². The molecule has 0 saturated carbocycles. The van der Waals surface area contributed by atoms with E-state index >= 15 is 0 Å². The number of amides is 1. The van der Waals surface area contributed by atoms with Gasteiger partial charge in [-0.2, -0.15) is 0 Å². The molecular formula is C22H23FN4O3. The molecule has 8 heteroatoms. The number of aryl methyl sites for hydroxylation is 2. The van der Waals surface area contributed by atoms with Gasteiger partial charge < -0.3 is 4.90 Å². The number of aromatic nitrogens is 3. The van der Waals surface area contributed by atoms with Crippen LogP contribution in [0.3, 0.4) is 0 Å². The average Bonchev–Trinajstić information content (AvgIpc) is 3.25. The molecule has 1 aromatic carbocycles. The van der Waals surface area contributed by atoms with Gasteiger partial charge in [-0.05, 0) is 42.7 Å². The zero-order chi connectivity index (χ0) is 21.4. The van der Waals surface area contributed by atoms with E-state index in [4.69, 9.17) is 0 Å². The zero-order valence-corrected chi connectivity index (χ0v) is 17.0. The highest BCUT2D eigenvalue weighted by atomic mass is 19.1. The predicted molar refractivity (Wildman–Crippen MR) is 111 cm³/mol. The van der Waals surface area contributed by atoms with Gasteiger partial charge in [0.15, 0.2) is 0 Å². The molecule has 30 heavy (non-hydrogen) atoms. The third-order valence-electron chi connectivity index (χ3n) is 5.82. The van der Waals surface area contributed by atoms with Crippen LogP contribution in [0.5, 0.6) is 0 Å². The van der Waals surface area contributed by atoms with Crippen LogP contribution in [0.2, 0.25) is 0 Å². The fraction of sp³-hybridized carbons (Fsp3) is 0.364. The van der Waals surface area contributed by atoms with Crippen LogP contribution in [0.25, 0.3) is 11.0 Å². The van der Waals surface area contributed by atoms with Crippen LogP contribution in [-0.4, -0.2) is 38.0 Å². The number of fused-ring (bicyclic) bond motifs is 1. The van der Waals surface area contributed by atoms with Crippen LogP contribution >= 0.6 is 0 Å². The number of rotatable bonds is 4. The topological polar surface area (TPSA) is 77.2 Å². The summed E-state index contributed by atoms with van der Waals surface area (Å²) in [5.74, 6) is -0.169. The van der Waals surface area contributed by atoms with E-state index in [0.717, 1.165) is 22.2 Å². The lowest BCUT2D eigenvalue weighted by molar-refractivity contribution is -0.130. The van der Waals surface area contributed by atoms with Crippen molar-refractivity contribution in [2.45, 2.75) is 25.2 Å². The molecule has 0 bridgehead atoms. The van der Waals surface area contributed by atoms with Crippen molar-refractivity contribution in [3.63, 3.8) is 0 Å². The van der Waals surface area contributed by atoms with Gasteiger partial charge in [-0.3, -0.25) is 18.7 Å². The first-order valence-corrected chi connectivity index (χ1v) is 9.94. The Morgan fingerprint density at radius 1 is 1.10 bits per heavy atom. The Morgan fingerprint density at radius 3 is 2.57 bits per heavy atom. The Hall–Kier alpha value is -3.29. The SMILES string of the molecule is Cn1c(=O)c2ccc([C@H]3CCN(C(=O)CCc4ccc(F)cc4)C3)nc2n(C)c1=O. The van der Waals surface area contributed by atoms with Gasteiger partial charge in [0.2, 0.25) is 5.91 Å². The van der Waals surface area contributed by atoms with Crippen molar-refractivity contribution >= 4 is 16.9 Å². The molecule has 3 heterocycles. The Morgan fingerprint density at radius 2 is 1.83 bits per heavy atom. The van der Waals surface area contributed by atoms with Gasteiger partial charge in [0.25, 0.3) is 5.56 Å². The number of benzene rings is 1. The summed E-state index contributed by atoms with van der Waals surface area (Å²) < 4.78 is 15.4. The predicted octanol–water partition coefficient (Wildman–Crippen LogP) is 1.72. The summed E-state index contributed by atoms with van der Waals surface area (Å²) in [7, 11) is 3.05. The van der Waals surface area contributed by atoms with Crippen molar-refractivity contribution in [2.24, 2.45) is 14.1 Å². The molecule has 2 aromatic heterocycles. The van der Waals surface area contributed by atoms with Crippen molar-refractivity contribution in [1.29, 1.82) is 0 Å². The van der Waals surface area contributed by atoms with Crippen LogP contribution < -0.4 is 11.2 Å². The number of likely N-dealkylation sites (tertiary alicyclic amines) is 1. The first-order chi connectivity index (χ1) is 14.3.